The van der Waals surface area contributed by atoms with E-state index in [-0.39, 0.29) is 11.6 Å². The molecule has 7 heteroatoms. The van der Waals surface area contributed by atoms with Crippen molar-refractivity contribution in [2.24, 2.45) is 0 Å². The van der Waals surface area contributed by atoms with E-state index in [0.29, 0.717) is 8.94 Å². The number of hydrogen-bond donors (Lipinski definition) is 0. The molecular weight excluding hydrogens is 622 g/mol. The zero-order valence-electron chi connectivity index (χ0n) is 9.68. The molecule has 0 saturated carbocycles. The molecule has 2 aromatic rings. The zero-order chi connectivity index (χ0) is 13.9. The first-order chi connectivity index (χ1) is 8.98. The minimum atomic E-state index is -2.45. The summed E-state index contributed by atoms with van der Waals surface area (Å²) in [7, 11) is -2.45. The van der Waals surface area contributed by atoms with Crippen molar-refractivity contribution in [3.05, 3.63) is 44.8 Å². The van der Waals surface area contributed by atoms with Crippen molar-refractivity contribution in [1.29, 1.82) is 0 Å². The van der Waals surface area contributed by atoms with Crippen molar-refractivity contribution in [2.75, 3.05) is 0 Å². The fourth-order valence-corrected chi connectivity index (χ4v) is 14.3. The maximum absolute atomic E-state index is 12.1. The maximum atomic E-state index is 12.1. The number of carbonyl (C=O) groups excluding carboxylic acids is 2. The Morgan fingerprint density at radius 3 is 1.68 bits per heavy atom. The van der Waals surface area contributed by atoms with Gasteiger partial charge in [-0.1, -0.05) is 0 Å². The first-order valence-corrected chi connectivity index (χ1v) is 23.9. The van der Waals surface area contributed by atoms with Gasteiger partial charge in [-0.25, -0.2) is 0 Å². The van der Waals surface area contributed by atoms with Crippen molar-refractivity contribution in [3.8, 4) is 0 Å². The van der Waals surface area contributed by atoms with E-state index >= 15 is 0 Å². The summed E-state index contributed by atoms with van der Waals surface area (Å²) in [5, 5.41) is 3.83. The van der Waals surface area contributed by atoms with E-state index in [9.17, 15) is 9.59 Å². The van der Waals surface area contributed by atoms with Crippen LogP contribution >= 0.6 is 60.1 Å². The van der Waals surface area contributed by atoms with Crippen molar-refractivity contribution in [3.63, 3.8) is 0 Å². The van der Waals surface area contributed by atoms with Gasteiger partial charge in [0.2, 0.25) is 0 Å². The Balaban J connectivity index is 1.99. The van der Waals surface area contributed by atoms with Gasteiger partial charge in [-0.3, -0.25) is 0 Å². The van der Waals surface area contributed by atoms with Crippen LogP contribution in [0.3, 0.4) is 0 Å². The van der Waals surface area contributed by atoms with E-state index in [1.165, 1.54) is 22.7 Å². The Bertz CT molecular complexity index is 514. The molecule has 0 aliphatic carbocycles. The number of thiophene rings is 2. The summed E-state index contributed by atoms with van der Waals surface area (Å²) in [6.45, 7) is 0. The molecule has 0 aromatic carbocycles. The molecule has 19 heavy (non-hydrogen) atoms. The van der Waals surface area contributed by atoms with E-state index in [1.54, 1.807) is 0 Å². The van der Waals surface area contributed by atoms with E-state index in [1.807, 2.05) is 35.0 Å². The van der Waals surface area contributed by atoms with Crippen LogP contribution in [0, 0.1) is 0 Å². The second-order valence-corrected chi connectivity index (χ2v) is 45.2. The molecule has 0 saturated heterocycles. The summed E-state index contributed by atoms with van der Waals surface area (Å²) in [4.78, 5) is 25.9. The fraction of sp³-hybridized carbons (Fsp3) is 0.167. The molecule has 2 nitrogen and oxygen atoms in total. The van der Waals surface area contributed by atoms with Crippen molar-refractivity contribution in [1.82, 2.24) is 0 Å². The van der Waals surface area contributed by atoms with Crippen LogP contribution in [-0.4, -0.2) is 21.9 Å². The summed E-state index contributed by atoms with van der Waals surface area (Å²) >= 11 is 7.76. The van der Waals surface area contributed by atoms with Gasteiger partial charge in [-0.2, -0.15) is 0 Å². The number of halogens is 2. The Labute approximate surface area is 143 Å². The van der Waals surface area contributed by atoms with Crippen LogP contribution in [0.1, 0.15) is 19.3 Å². The van der Waals surface area contributed by atoms with Crippen molar-refractivity contribution >= 4 is 81.9 Å². The third kappa shape index (κ3) is 5.04. The average molecular weight is 632 g/mol. The predicted octanol–water partition coefficient (Wildman–Crippen LogP) is 5.19. The van der Waals surface area contributed by atoms with Crippen LogP contribution in [0.4, 0.5) is 0 Å². The van der Waals surface area contributed by atoms with Crippen LogP contribution in [0.5, 0.6) is 0 Å². The molecule has 0 radical (unpaired) electrons. The molecular formula is C12H10I2O2S2Te. The second-order valence-electron chi connectivity index (χ2n) is 3.79. The number of rotatable bonds is 6. The first-order valence-electron chi connectivity index (χ1n) is 5.29. The minimum absolute atomic E-state index is 0.193. The third-order valence-electron chi connectivity index (χ3n) is 2.28. The van der Waals surface area contributed by atoms with Gasteiger partial charge in [0.1, 0.15) is 0 Å². The summed E-state index contributed by atoms with van der Waals surface area (Å²) in [6, 6.07) is 7.51. The second kappa shape index (κ2) is 7.31. The number of Topliss-reactive ketones (excluding diaryl/α,β-unsaturated/α-hetero) is 2. The monoisotopic (exact) mass is 634 g/mol. The van der Waals surface area contributed by atoms with Gasteiger partial charge in [0.05, 0.1) is 0 Å². The van der Waals surface area contributed by atoms with Gasteiger partial charge in [-0.05, 0) is 0 Å². The van der Waals surface area contributed by atoms with Gasteiger partial charge < -0.3 is 0 Å². The van der Waals surface area contributed by atoms with Gasteiger partial charge in [0, 0.05) is 0 Å². The van der Waals surface area contributed by atoms with E-state index in [4.69, 9.17) is 0 Å². The van der Waals surface area contributed by atoms with Gasteiger partial charge >= 0.3 is 145 Å². The number of carbonyl (C=O) groups is 2. The number of ketones is 2. The van der Waals surface area contributed by atoms with Crippen molar-refractivity contribution in [2.45, 2.75) is 8.94 Å². The molecule has 0 N–H and O–H groups in total. The molecule has 0 atom stereocenters. The molecule has 0 fully saturated rings. The van der Waals surface area contributed by atoms with Crippen molar-refractivity contribution < 1.29 is 9.59 Å². The van der Waals surface area contributed by atoms with Crippen LogP contribution in [0.25, 0.3) is 0 Å². The molecule has 0 bridgehead atoms. The molecule has 2 heterocycles. The van der Waals surface area contributed by atoms with Gasteiger partial charge in [-0.15, -0.1) is 0 Å². The summed E-state index contributed by atoms with van der Waals surface area (Å²) in [6.07, 6.45) is 0. The standard InChI is InChI=1S/C12H10I2O2S2Te/c13-19(14,7-9(15)11-3-1-5-17-11)8-10(16)12-4-2-6-18-12/h1-6H,7-8H2. The molecule has 0 unspecified atom stereocenters. The van der Waals surface area contributed by atoms with E-state index in [0.717, 1.165) is 9.75 Å². The Kier molecular flexibility index (Phi) is 6.30. The Morgan fingerprint density at radius 2 is 1.37 bits per heavy atom. The topological polar surface area (TPSA) is 34.1 Å². The third-order valence-corrected chi connectivity index (χ3v) is 16.4. The molecule has 0 spiro atoms. The van der Waals surface area contributed by atoms with Crippen LogP contribution in [-0.2, 0) is 0 Å². The summed E-state index contributed by atoms with van der Waals surface area (Å²) < 4.78 is 1.14. The molecule has 0 aliphatic rings. The zero-order valence-corrected chi connectivity index (χ0v) is 18.0. The number of hydrogen-bond acceptors (Lipinski definition) is 4. The fourth-order valence-electron chi connectivity index (χ4n) is 1.45. The molecule has 0 aliphatic heterocycles. The van der Waals surface area contributed by atoms with E-state index < -0.39 is 10.3 Å². The normalized spacial score (nSPS) is 12.3. The van der Waals surface area contributed by atoms with E-state index in [2.05, 4.69) is 37.4 Å². The molecule has 0 amide bonds. The average Bonchev–Trinajstić information content (AvgIpc) is 3.01. The van der Waals surface area contributed by atoms with Crippen LogP contribution in [0.15, 0.2) is 35.0 Å². The van der Waals surface area contributed by atoms with Crippen LogP contribution in [0.2, 0.25) is 8.94 Å². The Morgan fingerprint density at radius 1 is 0.947 bits per heavy atom. The quantitative estimate of drug-likeness (QED) is 0.250. The van der Waals surface area contributed by atoms with Gasteiger partial charge in [0.15, 0.2) is 0 Å². The summed E-state index contributed by atoms with van der Waals surface area (Å²) in [5.41, 5.74) is 0. The first kappa shape index (κ1) is 16.4. The SMILES string of the molecule is O=C(C[Te](I)(I)CC(=O)c1cccs1)c1cccs1. The molecule has 102 valence electrons. The predicted molar refractivity (Wildman–Crippen MR) is 101 cm³/mol. The molecule has 2 aromatic heterocycles. The van der Waals surface area contributed by atoms with Gasteiger partial charge in [0.25, 0.3) is 0 Å². The summed E-state index contributed by atoms with van der Waals surface area (Å²) in [5.74, 6) is 0.387. The van der Waals surface area contributed by atoms with Crippen LogP contribution < -0.4 is 0 Å². The Hall–Kier alpha value is 0.990. The molecule has 2 rings (SSSR count).